The molecule has 1 aromatic heterocycles. The zero-order valence-electron chi connectivity index (χ0n) is 13.1. The SMILES string of the molecule is CNC(=O)CSc1ncc(-c2ccccc2)n1-c1cccc(Cl)c1. The molecule has 1 heterocycles. The van der Waals surface area contributed by atoms with E-state index in [1.807, 2.05) is 65.4 Å². The van der Waals surface area contributed by atoms with Crippen LogP contribution in [0.25, 0.3) is 16.9 Å². The number of aromatic nitrogens is 2. The first-order valence-electron chi connectivity index (χ1n) is 7.41. The fourth-order valence-corrected chi connectivity index (χ4v) is 3.37. The molecule has 3 rings (SSSR count). The summed E-state index contributed by atoms with van der Waals surface area (Å²) in [4.78, 5) is 16.1. The van der Waals surface area contributed by atoms with Gasteiger partial charge in [-0.25, -0.2) is 4.98 Å². The van der Waals surface area contributed by atoms with Crippen LogP contribution >= 0.6 is 23.4 Å². The number of amides is 1. The molecule has 122 valence electrons. The first-order chi connectivity index (χ1) is 11.7. The summed E-state index contributed by atoms with van der Waals surface area (Å²) < 4.78 is 2.02. The third-order valence-electron chi connectivity index (χ3n) is 3.48. The maximum absolute atomic E-state index is 11.6. The van der Waals surface area contributed by atoms with Gasteiger partial charge >= 0.3 is 0 Å². The van der Waals surface area contributed by atoms with Crippen molar-refractivity contribution in [3.8, 4) is 16.9 Å². The molecule has 1 amide bonds. The topological polar surface area (TPSA) is 46.9 Å². The highest BCUT2D eigenvalue weighted by Gasteiger charge is 2.15. The second-order valence-corrected chi connectivity index (χ2v) is 6.45. The number of nitrogens with one attached hydrogen (secondary N) is 1. The van der Waals surface area contributed by atoms with Crippen LogP contribution in [0.1, 0.15) is 0 Å². The van der Waals surface area contributed by atoms with Gasteiger partial charge in [0.1, 0.15) is 0 Å². The van der Waals surface area contributed by atoms with Crippen LogP contribution in [-0.4, -0.2) is 28.3 Å². The Bertz CT molecular complexity index is 848. The molecule has 0 saturated heterocycles. The number of carbonyl (C=O) groups excluding carboxylic acids is 1. The molecule has 2 aromatic carbocycles. The van der Waals surface area contributed by atoms with E-state index in [-0.39, 0.29) is 5.91 Å². The van der Waals surface area contributed by atoms with Crippen LogP contribution < -0.4 is 5.32 Å². The van der Waals surface area contributed by atoms with Crippen molar-refractivity contribution in [2.75, 3.05) is 12.8 Å². The Labute approximate surface area is 149 Å². The van der Waals surface area contributed by atoms with Gasteiger partial charge in [-0.1, -0.05) is 59.8 Å². The molecule has 0 spiro atoms. The van der Waals surface area contributed by atoms with Crippen LogP contribution in [0, 0.1) is 0 Å². The van der Waals surface area contributed by atoms with Gasteiger partial charge in [0.25, 0.3) is 0 Å². The standard InChI is InChI=1S/C18H16ClN3OS/c1-20-17(23)12-24-18-21-11-16(13-6-3-2-4-7-13)22(18)15-9-5-8-14(19)10-15/h2-11H,12H2,1H3,(H,20,23). The van der Waals surface area contributed by atoms with E-state index in [0.29, 0.717) is 10.8 Å². The van der Waals surface area contributed by atoms with Crippen LogP contribution in [0.3, 0.4) is 0 Å². The Hall–Kier alpha value is -2.24. The molecule has 6 heteroatoms. The number of halogens is 1. The van der Waals surface area contributed by atoms with E-state index in [9.17, 15) is 4.79 Å². The van der Waals surface area contributed by atoms with E-state index in [1.54, 1.807) is 7.05 Å². The van der Waals surface area contributed by atoms with Crippen molar-refractivity contribution in [1.29, 1.82) is 0 Å². The van der Waals surface area contributed by atoms with Crippen LogP contribution in [0.4, 0.5) is 0 Å². The van der Waals surface area contributed by atoms with Gasteiger partial charge < -0.3 is 5.32 Å². The Balaban J connectivity index is 2.07. The first kappa shape index (κ1) is 16.6. The number of carbonyl (C=O) groups is 1. The fourth-order valence-electron chi connectivity index (χ4n) is 2.32. The Morgan fingerprint density at radius 2 is 2.00 bits per heavy atom. The van der Waals surface area contributed by atoms with Gasteiger partial charge in [0.15, 0.2) is 5.16 Å². The van der Waals surface area contributed by atoms with E-state index in [4.69, 9.17) is 11.6 Å². The third-order valence-corrected chi connectivity index (χ3v) is 4.66. The van der Waals surface area contributed by atoms with Crippen molar-refractivity contribution < 1.29 is 4.79 Å². The van der Waals surface area contributed by atoms with Crippen molar-refractivity contribution in [1.82, 2.24) is 14.9 Å². The summed E-state index contributed by atoms with van der Waals surface area (Å²) in [5, 5.41) is 4.03. The van der Waals surface area contributed by atoms with Gasteiger partial charge in [-0.2, -0.15) is 0 Å². The fraction of sp³-hybridized carbons (Fsp3) is 0.111. The lowest BCUT2D eigenvalue weighted by Gasteiger charge is -2.12. The number of hydrogen-bond acceptors (Lipinski definition) is 3. The second-order valence-electron chi connectivity index (χ2n) is 5.07. The lowest BCUT2D eigenvalue weighted by molar-refractivity contribution is -0.118. The van der Waals surface area contributed by atoms with Gasteiger partial charge in [-0.3, -0.25) is 9.36 Å². The maximum atomic E-state index is 11.6. The number of benzene rings is 2. The minimum atomic E-state index is -0.0399. The van der Waals surface area contributed by atoms with Crippen LogP contribution in [-0.2, 0) is 4.79 Å². The van der Waals surface area contributed by atoms with Crippen molar-refractivity contribution >= 4 is 29.3 Å². The van der Waals surface area contributed by atoms with Crippen molar-refractivity contribution in [2.24, 2.45) is 0 Å². The minimum absolute atomic E-state index is 0.0399. The number of hydrogen-bond donors (Lipinski definition) is 1. The Morgan fingerprint density at radius 3 is 2.71 bits per heavy atom. The third kappa shape index (κ3) is 3.63. The van der Waals surface area contributed by atoms with Crippen LogP contribution in [0.2, 0.25) is 5.02 Å². The highest BCUT2D eigenvalue weighted by Crippen LogP contribution is 2.30. The Kier molecular flexibility index (Phi) is 5.23. The monoisotopic (exact) mass is 357 g/mol. The summed E-state index contributed by atoms with van der Waals surface area (Å²) in [5.41, 5.74) is 2.92. The van der Waals surface area contributed by atoms with Gasteiger partial charge in [-0.15, -0.1) is 0 Å². The summed E-state index contributed by atoms with van der Waals surface area (Å²) in [6, 6.07) is 17.6. The molecule has 1 N–H and O–H groups in total. The van der Waals surface area contributed by atoms with E-state index >= 15 is 0 Å². The van der Waals surface area contributed by atoms with E-state index < -0.39 is 0 Å². The maximum Gasteiger partial charge on any atom is 0.230 e. The van der Waals surface area contributed by atoms with Crippen LogP contribution in [0.5, 0.6) is 0 Å². The zero-order chi connectivity index (χ0) is 16.9. The van der Waals surface area contributed by atoms with Crippen LogP contribution in [0.15, 0.2) is 66.0 Å². The molecule has 3 aromatic rings. The molecule has 0 atom stereocenters. The average molecular weight is 358 g/mol. The Morgan fingerprint density at radius 1 is 1.21 bits per heavy atom. The molecular weight excluding hydrogens is 342 g/mol. The van der Waals surface area contributed by atoms with Gasteiger partial charge in [0.05, 0.1) is 17.6 Å². The van der Waals surface area contributed by atoms with E-state index in [1.165, 1.54) is 11.8 Å². The smallest absolute Gasteiger partial charge is 0.230 e. The zero-order valence-corrected chi connectivity index (χ0v) is 14.6. The lowest BCUT2D eigenvalue weighted by atomic mass is 10.1. The predicted octanol–water partition coefficient (Wildman–Crippen LogP) is 4.03. The quantitative estimate of drug-likeness (QED) is 0.701. The van der Waals surface area contributed by atoms with Crippen molar-refractivity contribution in [3.05, 3.63) is 65.8 Å². The summed E-state index contributed by atoms with van der Waals surface area (Å²) in [6.45, 7) is 0. The summed E-state index contributed by atoms with van der Waals surface area (Å²) in [6.07, 6.45) is 1.82. The summed E-state index contributed by atoms with van der Waals surface area (Å²) >= 11 is 7.55. The van der Waals surface area contributed by atoms with E-state index in [2.05, 4.69) is 10.3 Å². The number of rotatable bonds is 5. The largest absolute Gasteiger partial charge is 0.358 e. The second kappa shape index (κ2) is 7.55. The number of imidazole rings is 1. The summed E-state index contributed by atoms with van der Waals surface area (Å²) in [7, 11) is 1.63. The molecule has 0 aliphatic heterocycles. The molecule has 0 aliphatic rings. The molecular formula is C18H16ClN3OS. The molecule has 0 bridgehead atoms. The minimum Gasteiger partial charge on any atom is -0.358 e. The van der Waals surface area contributed by atoms with Gasteiger partial charge in [0.2, 0.25) is 5.91 Å². The van der Waals surface area contributed by atoms with E-state index in [0.717, 1.165) is 22.1 Å². The lowest BCUT2D eigenvalue weighted by Crippen LogP contribution is -2.20. The molecule has 0 aliphatic carbocycles. The average Bonchev–Trinajstić information content (AvgIpc) is 3.04. The van der Waals surface area contributed by atoms with Gasteiger partial charge in [-0.05, 0) is 18.2 Å². The highest BCUT2D eigenvalue weighted by molar-refractivity contribution is 7.99. The predicted molar refractivity (Wildman–Crippen MR) is 98.8 cm³/mol. The van der Waals surface area contributed by atoms with Gasteiger partial charge in [0, 0.05) is 23.3 Å². The highest BCUT2D eigenvalue weighted by atomic mass is 35.5. The molecule has 0 unspecified atom stereocenters. The molecule has 0 fully saturated rings. The number of nitrogens with zero attached hydrogens (tertiary/aromatic N) is 2. The summed E-state index contributed by atoms with van der Waals surface area (Å²) in [5.74, 6) is 0.268. The molecule has 0 saturated carbocycles. The number of thioether (sulfide) groups is 1. The van der Waals surface area contributed by atoms with Crippen molar-refractivity contribution in [2.45, 2.75) is 5.16 Å². The molecule has 0 radical (unpaired) electrons. The molecule has 24 heavy (non-hydrogen) atoms. The van der Waals surface area contributed by atoms with Crippen molar-refractivity contribution in [3.63, 3.8) is 0 Å². The first-order valence-corrected chi connectivity index (χ1v) is 8.78. The normalized spacial score (nSPS) is 10.6. The molecule has 4 nitrogen and oxygen atoms in total.